The van der Waals surface area contributed by atoms with Gasteiger partial charge in [-0.1, -0.05) is 35.4 Å². The molecule has 5 heteroatoms. The summed E-state index contributed by atoms with van der Waals surface area (Å²) in [4.78, 5) is 0. The van der Waals surface area contributed by atoms with Crippen LogP contribution in [0.4, 0.5) is 6.01 Å². The average molecular weight is 244 g/mol. The summed E-state index contributed by atoms with van der Waals surface area (Å²) >= 11 is 0. The molecule has 1 aliphatic carbocycles. The molecule has 1 aromatic carbocycles. The number of hydrogen-bond acceptors (Lipinski definition) is 5. The molecule has 1 aliphatic rings. The molecule has 18 heavy (non-hydrogen) atoms. The molecule has 3 rings (SSSR count). The van der Waals surface area contributed by atoms with Crippen LogP contribution in [0, 0.1) is 0 Å². The highest BCUT2D eigenvalue weighted by atomic mass is 16.4. The van der Waals surface area contributed by atoms with Crippen LogP contribution in [0.1, 0.15) is 24.3 Å². The van der Waals surface area contributed by atoms with Gasteiger partial charge in [0.1, 0.15) is 0 Å². The summed E-state index contributed by atoms with van der Waals surface area (Å²) in [7, 11) is 0. The molecule has 0 saturated heterocycles. The maximum atomic E-state index is 5.49. The van der Waals surface area contributed by atoms with Crippen LogP contribution >= 0.6 is 0 Å². The van der Waals surface area contributed by atoms with Crippen molar-refractivity contribution in [2.75, 3.05) is 5.32 Å². The van der Waals surface area contributed by atoms with Gasteiger partial charge < -0.3 is 15.1 Å². The quantitative estimate of drug-likeness (QED) is 0.813. The topological polar surface area (TPSA) is 63.0 Å². The first-order chi connectivity index (χ1) is 8.90. The highest BCUT2D eigenvalue weighted by Gasteiger charge is 2.21. The molecule has 2 aromatic rings. The van der Waals surface area contributed by atoms with Crippen LogP contribution in [0.3, 0.4) is 0 Å². The number of hydrogen-bond donors (Lipinski definition) is 2. The largest absolute Gasteiger partial charge is 0.407 e. The summed E-state index contributed by atoms with van der Waals surface area (Å²) in [6.45, 7) is 1.35. The molecule has 0 bridgehead atoms. The van der Waals surface area contributed by atoms with Crippen molar-refractivity contribution in [3.05, 3.63) is 41.8 Å². The van der Waals surface area contributed by atoms with Crippen molar-refractivity contribution in [3.8, 4) is 0 Å². The van der Waals surface area contributed by atoms with Gasteiger partial charge in [0, 0.05) is 12.6 Å². The number of anilines is 1. The van der Waals surface area contributed by atoms with E-state index in [1.807, 2.05) is 18.2 Å². The van der Waals surface area contributed by atoms with E-state index in [9.17, 15) is 0 Å². The minimum Gasteiger partial charge on any atom is -0.407 e. The Hall–Kier alpha value is -1.88. The highest BCUT2D eigenvalue weighted by molar-refractivity contribution is 5.23. The number of nitrogens with one attached hydrogen (secondary N) is 2. The second-order valence-electron chi connectivity index (χ2n) is 4.50. The lowest BCUT2D eigenvalue weighted by molar-refractivity contribution is 0.475. The number of benzene rings is 1. The third-order valence-electron chi connectivity index (χ3n) is 2.87. The fourth-order valence-corrected chi connectivity index (χ4v) is 1.69. The molecule has 0 radical (unpaired) electrons. The molecule has 94 valence electrons. The van der Waals surface area contributed by atoms with Gasteiger partial charge in [-0.3, -0.25) is 0 Å². The van der Waals surface area contributed by atoms with Crippen LogP contribution in [0.15, 0.2) is 34.7 Å². The summed E-state index contributed by atoms with van der Waals surface area (Å²) in [6, 6.07) is 11.3. The van der Waals surface area contributed by atoms with Crippen molar-refractivity contribution < 1.29 is 4.42 Å². The number of nitrogens with zero attached hydrogens (tertiary/aromatic N) is 2. The Kier molecular flexibility index (Phi) is 3.23. The van der Waals surface area contributed by atoms with Crippen LogP contribution in [-0.2, 0) is 13.1 Å². The van der Waals surface area contributed by atoms with Gasteiger partial charge in [-0.25, -0.2) is 0 Å². The SMILES string of the molecule is c1ccc(CNc2nnc(CNC3CC3)o2)cc1. The van der Waals surface area contributed by atoms with E-state index in [0.29, 0.717) is 31.0 Å². The Labute approximate surface area is 106 Å². The normalized spacial score (nSPS) is 14.7. The van der Waals surface area contributed by atoms with Crippen molar-refractivity contribution in [3.63, 3.8) is 0 Å². The third-order valence-corrected chi connectivity index (χ3v) is 2.87. The van der Waals surface area contributed by atoms with E-state index >= 15 is 0 Å². The smallest absolute Gasteiger partial charge is 0.315 e. The first-order valence-electron chi connectivity index (χ1n) is 6.24. The van der Waals surface area contributed by atoms with Gasteiger partial charge >= 0.3 is 6.01 Å². The molecule has 0 amide bonds. The molecule has 1 heterocycles. The summed E-state index contributed by atoms with van der Waals surface area (Å²) in [5, 5.41) is 14.4. The van der Waals surface area contributed by atoms with E-state index in [2.05, 4.69) is 33.0 Å². The molecule has 1 aromatic heterocycles. The van der Waals surface area contributed by atoms with Crippen molar-refractivity contribution in [1.29, 1.82) is 0 Å². The molecular formula is C13H16N4O. The van der Waals surface area contributed by atoms with Gasteiger partial charge in [0.15, 0.2) is 0 Å². The van der Waals surface area contributed by atoms with Crippen molar-refractivity contribution in [2.45, 2.75) is 32.0 Å². The molecule has 0 unspecified atom stereocenters. The Morgan fingerprint density at radius 2 is 1.94 bits per heavy atom. The monoisotopic (exact) mass is 244 g/mol. The summed E-state index contributed by atoms with van der Waals surface area (Å²) in [5.74, 6) is 0.637. The number of rotatable bonds is 6. The molecule has 1 saturated carbocycles. The van der Waals surface area contributed by atoms with E-state index in [1.165, 1.54) is 18.4 Å². The average Bonchev–Trinajstić information content (AvgIpc) is 3.14. The molecular weight excluding hydrogens is 228 g/mol. The third kappa shape index (κ3) is 3.07. The Morgan fingerprint density at radius 3 is 2.72 bits per heavy atom. The Balaban J connectivity index is 1.50. The van der Waals surface area contributed by atoms with Gasteiger partial charge in [-0.2, -0.15) is 0 Å². The van der Waals surface area contributed by atoms with Gasteiger partial charge in [-0.15, -0.1) is 5.10 Å². The molecule has 0 atom stereocenters. The Bertz CT molecular complexity index is 493. The molecule has 5 nitrogen and oxygen atoms in total. The summed E-state index contributed by atoms with van der Waals surface area (Å²) in [5.41, 5.74) is 1.19. The van der Waals surface area contributed by atoms with Crippen LogP contribution < -0.4 is 10.6 Å². The lowest BCUT2D eigenvalue weighted by Crippen LogP contribution is -2.15. The Morgan fingerprint density at radius 1 is 1.11 bits per heavy atom. The minimum atomic E-state index is 0.478. The zero-order valence-corrected chi connectivity index (χ0v) is 10.1. The lowest BCUT2D eigenvalue weighted by atomic mass is 10.2. The zero-order valence-electron chi connectivity index (χ0n) is 10.1. The van der Waals surface area contributed by atoms with E-state index in [0.717, 1.165) is 0 Å². The second kappa shape index (κ2) is 5.18. The van der Waals surface area contributed by atoms with Gasteiger partial charge in [-0.05, 0) is 18.4 Å². The van der Waals surface area contributed by atoms with Gasteiger partial charge in [0.05, 0.1) is 6.54 Å². The van der Waals surface area contributed by atoms with Crippen LogP contribution in [0.25, 0.3) is 0 Å². The standard InChI is InChI=1S/C13H16N4O/c1-2-4-10(5-3-1)8-15-13-17-16-12(18-13)9-14-11-6-7-11/h1-5,11,14H,6-9H2,(H,15,17). The predicted octanol–water partition coefficient (Wildman–Crippen LogP) is 1.93. The maximum absolute atomic E-state index is 5.49. The lowest BCUT2D eigenvalue weighted by Gasteiger charge is -2.00. The summed E-state index contributed by atoms with van der Waals surface area (Å²) in [6.07, 6.45) is 2.51. The molecule has 1 fully saturated rings. The first kappa shape index (κ1) is 11.2. The van der Waals surface area contributed by atoms with Crippen molar-refractivity contribution >= 4 is 6.01 Å². The van der Waals surface area contributed by atoms with Crippen LogP contribution in [0.5, 0.6) is 0 Å². The van der Waals surface area contributed by atoms with E-state index < -0.39 is 0 Å². The van der Waals surface area contributed by atoms with Gasteiger partial charge in [0.25, 0.3) is 0 Å². The fourth-order valence-electron chi connectivity index (χ4n) is 1.69. The van der Waals surface area contributed by atoms with E-state index in [1.54, 1.807) is 0 Å². The fraction of sp³-hybridized carbons (Fsp3) is 0.385. The first-order valence-corrected chi connectivity index (χ1v) is 6.24. The highest BCUT2D eigenvalue weighted by Crippen LogP contribution is 2.19. The maximum Gasteiger partial charge on any atom is 0.315 e. The van der Waals surface area contributed by atoms with Crippen LogP contribution in [-0.4, -0.2) is 16.2 Å². The van der Waals surface area contributed by atoms with Gasteiger partial charge in [0.2, 0.25) is 5.89 Å². The zero-order chi connectivity index (χ0) is 12.2. The molecule has 0 aliphatic heterocycles. The van der Waals surface area contributed by atoms with E-state index in [-0.39, 0.29) is 0 Å². The minimum absolute atomic E-state index is 0.478. The second-order valence-corrected chi connectivity index (χ2v) is 4.50. The number of aromatic nitrogens is 2. The van der Waals surface area contributed by atoms with Crippen molar-refractivity contribution in [1.82, 2.24) is 15.5 Å². The van der Waals surface area contributed by atoms with E-state index in [4.69, 9.17) is 4.42 Å². The molecule has 0 spiro atoms. The van der Waals surface area contributed by atoms with Crippen molar-refractivity contribution in [2.24, 2.45) is 0 Å². The summed E-state index contributed by atoms with van der Waals surface area (Å²) < 4.78 is 5.49. The van der Waals surface area contributed by atoms with Crippen LogP contribution in [0.2, 0.25) is 0 Å². The predicted molar refractivity (Wildman–Crippen MR) is 67.9 cm³/mol. The molecule has 2 N–H and O–H groups in total.